The van der Waals surface area contributed by atoms with Gasteiger partial charge in [0, 0.05) is 11.4 Å². The molecule has 0 radical (unpaired) electrons. The van der Waals surface area contributed by atoms with Crippen LogP contribution in [0.3, 0.4) is 0 Å². The zero-order valence-electron chi connectivity index (χ0n) is 10.6. The molecule has 1 aromatic heterocycles. The first-order valence-corrected chi connectivity index (χ1v) is 6.51. The van der Waals surface area contributed by atoms with Gasteiger partial charge in [-0.2, -0.15) is 0 Å². The lowest BCUT2D eigenvalue weighted by molar-refractivity contribution is 0.102. The van der Waals surface area contributed by atoms with E-state index >= 15 is 0 Å². The minimum Gasteiger partial charge on any atom is -0.351 e. The molecule has 1 aromatic carbocycles. The van der Waals surface area contributed by atoms with Crippen LogP contribution in [0.25, 0.3) is 0 Å². The number of benzene rings is 1. The number of primary amides is 1. The van der Waals surface area contributed by atoms with Crippen LogP contribution in [0.15, 0.2) is 36.4 Å². The summed E-state index contributed by atoms with van der Waals surface area (Å²) in [6.07, 6.45) is 0. The first-order chi connectivity index (χ1) is 9.95. The van der Waals surface area contributed by atoms with Crippen LogP contribution in [-0.4, -0.2) is 16.9 Å². The Morgan fingerprint density at radius 1 is 0.952 bits per heavy atom. The normalized spacial score (nSPS) is 10.0. The van der Waals surface area contributed by atoms with Crippen molar-refractivity contribution in [2.24, 2.45) is 5.73 Å². The number of carbonyl (C=O) groups is 2. The van der Waals surface area contributed by atoms with Crippen molar-refractivity contribution < 1.29 is 9.59 Å². The third-order valence-corrected chi connectivity index (χ3v) is 2.95. The van der Waals surface area contributed by atoms with E-state index in [-0.39, 0.29) is 15.9 Å². The van der Waals surface area contributed by atoms with E-state index in [1.165, 1.54) is 12.1 Å². The number of nitrogens with zero attached hydrogens (tertiary/aromatic N) is 1. The number of nitrogens with two attached hydrogens (primary N) is 1. The number of pyridine rings is 1. The molecule has 0 saturated heterocycles. The summed E-state index contributed by atoms with van der Waals surface area (Å²) >= 11 is 11.6. The second-order valence-electron chi connectivity index (χ2n) is 3.99. The molecule has 1 heterocycles. The van der Waals surface area contributed by atoms with E-state index in [0.29, 0.717) is 11.4 Å². The van der Waals surface area contributed by atoms with Gasteiger partial charge in [0.05, 0.1) is 5.02 Å². The van der Waals surface area contributed by atoms with E-state index in [1.54, 1.807) is 24.3 Å². The Bertz CT molecular complexity index is 689. The molecule has 0 aliphatic rings. The fraction of sp³-hybridized carbons (Fsp3) is 0. The first-order valence-electron chi connectivity index (χ1n) is 5.75. The van der Waals surface area contributed by atoms with Gasteiger partial charge in [-0.05, 0) is 36.4 Å². The highest BCUT2D eigenvalue weighted by Crippen LogP contribution is 2.19. The van der Waals surface area contributed by atoms with Crippen LogP contribution in [0.5, 0.6) is 0 Å². The topological polar surface area (TPSA) is 97.1 Å². The number of rotatable bonds is 3. The minimum absolute atomic E-state index is 0.0310. The maximum atomic E-state index is 12.0. The molecule has 2 rings (SSSR count). The Kier molecular flexibility index (Phi) is 4.62. The summed E-state index contributed by atoms with van der Waals surface area (Å²) in [5.41, 5.74) is 6.05. The lowest BCUT2D eigenvalue weighted by Crippen LogP contribution is -2.19. The van der Waals surface area contributed by atoms with Gasteiger partial charge in [-0.3, -0.25) is 4.79 Å². The lowest BCUT2D eigenvalue weighted by Gasteiger charge is -2.07. The molecule has 3 amide bonds. The van der Waals surface area contributed by atoms with Crippen LogP contribution >= 0.6 is 23.2 Å². The Morgan fingerprint density at radius 2 is 1.52 bits per heavy atom. The van der Waals surface area contributed by atoms with Gasteiger partial charge in [0.25, 0.3) is 5.91 Å². The second-order valence-corrected chi connectivity index (χ2v) is 4.78. The summed E-state index contributed by atoms with van der Waals surface area (Å²) in [7, 11) is 0. The SMILES string of the molecule is NC(=O)Nc1ccc(NC(=O)c2nc(Cl)ccc2Cl)cc1. The van der Waals surface area contributed by atoms with E-state index in [2.05, 4.69) is 15.6 Å². The van der Waals surface area contributed by atoms with Crippen molar-refractivity contribution in [3.63, 3.8) is 0 Å². The molecule has 2 aromatic rings. The zero-order chi connectivity index (χ0) is 15.4. The highest BCUT2D eigenvalue weighted by Gasteiger charge is 2.13. The third-order valence-electron chi connectivity index (χ3n) is 2.44. The summed E-state index contributed by atoms with van der Waals surface area (Å²) in [6.45, 7) is 0. The molecule has 0 aliphatic carbocycles. The third kappa shape index (κ3) is 4.08. The first kappa shape index (κ1) is 15.1. The summed E-state index contributed by atoms with van der Waals surface area (Å²) in [5.74, 6) is -0.488. The number of amides is 3. The molecule has 0 aliphatic heterocycles. The number of urea groups is 1. The van der Waals surface area contributed by atoms with Gasteiger partial charge in [-0.1, -0.05) is 23.2 Å². The van der Waals surface area contributed by atoms with E-state index in [0.717, 1.165) is 0 Å². The maximum Gasteiger partial charge on any atom is 0.316 e. The largest absolute Gasteiger partial charge is 0.351 e. The molecule has 0 atom stereocenters. The summed E-state index contributed by atoms with van der Waals surface area (Å²) in [6, 6.07) is 8.70. The van der Waals surface area contributed by atoms with Gasteiger partial charge < -0.3 is 16.4 Å². The van der Waals surface area contributed by atoms with Crippen molar-refractivity contribution in [1.29, 1.82) is 0 Å². The molecule has 21 heavy (non-hydrogen) atoms. The van der Waals surface area contributed by atoms with Crippen LogP contribution in [0, 0.1) is 0 Å². The number of hydrogen-bond acceptors (Lipinski definition) is 3. The Morgan fingerprint density at radius 3 is 2.10 bits per heavy atom. The van der Waals surface area contributed by atoms with Crippen molar-refractivity contribution in [2.45, 2.75) is 0 Å². The molecule has 4 N–H and O–H groups in total. The number of nitrogens with one attached hydrogen (secondary N) is 2. The van der Waals surface area contributed by atoms with Crippen LogP contribution in [0.4, 0.5) is 16.2 Å². The molecule has 108 valence electrons. The van der Waals surface area contributed by atoms with Crippen LogP contribution in [0.1, 0.15) is 10.5 Å². The van der Waals surface area contributed by atoms with Gasteiger partial charge >= 0.3 is 6.03 Å². The van der Waals surface area contributed by atoms with E-state index in [4.69, 9.17) is 28.9 Å². The number of carbonyl (C=O) groups excluding carboxylic acids is 2. The van der Waals surface area contributed by atoms with E-state index in [9.17, 15) is 9.59 Å². The number of aromatic nitrogens is 1. The van der Waals surface area contributed by atoms with E-state index in [1.807, 2.05) is 0 Å². The van der Waals surface area contributed by atoms with Crippen LogP contribution in [0.2, 0.25) is 10.2 Å². The monoisotopic (exact) mass is 324 g/mol. The molecule has 6 nitrogen and oxygen atoms in total. The zero-order valence-corrected chi connectivity index (χ0v) is 12.1. The van der Waals surface area contributed by atoms with Gasteiger partial charge in [0.2, 0.25) is 0 Å². The molecule has 0 fully saturated rings. The summed E-state index contributed by atoms with van der Waals surface area (Å²) < 4.78 is 0. The van der Waals surface area contributed by atoms with Crippen molar-refractivity contribution in [2.75, 3.05) is 10.6 Å². The summed E-state index contributed by atoms with van der Waals surface area (Å²) in [5, 5.41) is 5.40. The molecule has 0 unspecified atom stereocenters. The average Bonchev–Trinajstić information content (AvgIpc) is 2.43. The van der Waals surface area contributed by atoms with Crippen molar-refractivity contribution in [3.8, 4) is 0 Å². The molecule has 0 spiro atoms. The lowest BCUT2D eigenvalue weighted by atomic mass is 10.2. The molecular formula is C13H10Cl2N4O2. The molecule has 0 bridgehead atoms. The Balaban J connectivity index is 2.12. The maximum absolute atomic E-state index is 12.0. The predicted molar refractivity (Wildman–Crippen MR) is 81.9 cm³/mol. The van der Waals surface area contributed by atoms with E-state index < -0.39 is 11.9 Å². The fourth-order valence-electron chi connectivity index (χ4n) is 1.55. The van der Waals surface area contributed by atoms with Gasteiger partial charge in [0.1, 0.15) is 10.8 Å². The Labute approximate surface area is 130 Å². The number of hydrogen-bond donors (Lipinski definition) is 3. The highest BCUT2D eigenvalue weighted by molar-refractivity contribution is 6.35. The smallest absolute Gasteiger partial charge is 0.316 e. The predicted octanol–water partition coefficient (Wildman–Crippen LogP) is 3.13. The second kappa shape index (κ2) is 6.43. The molecule has 0 saturated carbocycles. The van der Waals surface area contributed by atoms with Crippen LogP contribution < -0.4 is 16.4 Å². The minimum atomic E-state index is -0.665. The van der Waals surface area contributed by atoms with Crippen molar-refractivity contribution in [3.05, 3.63) is 52.3 Å². The molecule has 8 heteroatoms. The van der Waals surface area contributed by atoms with Gasteiger partial charge in [-0.25, -0.2) is 9.78 Å². The standard InChI is InChI=1S/C13H10Cl2N4O2/c14-9-5-6-10(15)19-11(9)12(20)17-7-1-3-8(4-2-7)18-13(16)21/h1-6H,(H,17,20)(H3,16,18,21). The van der Waals surface area contributed by atoms with Gasteiger partial charge in [0.15, 0.2) is 0 Å². The molecular weight excluding hydrogens is 315 g/mol. The van der Waals surface area contributed by atoms with Crippen molar-refractivity contribution >= 4 is 46.5 Å². The van der Waals surface area contributed by atoms with Crippen LogP contribution in [-0.2, 0) is 0 Å². The van der Waals surface area contributed by atoms with Gasteiger partial charge in [-0.15, -0.1) is 0 Å². The quantitative estimate of drug-likeness (QED) is 0.756. The van der Waals surface area contributed by atoms with Crippen molar-refractivity contribution in [1.82, 2.24) is 4.98 Å². The number of halogens is 2. The summed E-state index contributed by atoms with van der Waals surface area (Å²) in [4.78, 5) is 26.6. The number of anilines is 2. The fourth-order valence-corrected chi connectivity index (χ4v) is 1.89. The Hall–Kier alpha value is -2.31. The average molecular weight is 325 g/mol. The highest BCUT2D eigenvalue weighted by atomic mass is 35.5.